The summed E-state index contributed by atoms with van der Waals surface area (Å²) < 4.78 is 0. The Hall–Kier alpha value is -1.93. The molecule has 0 aliphatic carbocycles. The van der Waals surface area contributed by atoms with Crippen LogP contribution in [0.2, 0.25) is 0 Å². The van der Waals surface area contributed by atoms with E-state index < -0.39 is 0 Å². The molecule has 0 saturated carbocycles. The van der Waals surface area contributed by atoms with Gasteiger partial charge in [0.05, 0.1) is 0 Å². The lowest BCUT2D eigenvalue weighted by molar-refractivity contribution is 0.112. The lowest BCUT2D eigenvalue weighted by Crippen LogP contribution is -1.94. The number of unbranched alkanes of at least 4 members (excludes halogenated alkanes) is 1. The van der Waals surface area contributed by atoms with E-state index in [9.17, 15) is 4.79 Å². The third kappa shape index (κ3) is 3.30. The zero-order chi connectivity index (χ0) is 13.5. The van der Waals surface area contributed by atoms with Crippen molar-refractivity contribution in [1.29, 1.82) is 0 Å². The van der Waals surface area contributed by atoms with Gasteiger partial charge in [-0.15, -0.1) is 0 Å². The SMILES string of the molecule is O=Cc1ccccc1-c1ccccc1CCCCO. The molecule has 0 spiro atoms. The molecule has 0 amide bonds. The van der Waals surface area contributed by atoms with Gasteiger partial charge in [0.2, 0.25) is 0 Å². The summed E-state index contributed by atoms with van der Waals surface area (Å²) in [6.45, 7) is 0.229. The molecule has 98 valence electrons. The number of benzene rings is 2. The molecular weight excluding hydrogens is 236 g/mol. The van der Waals surface area contributed by atoms with Crippen molar-refractivity contribution in [1.82, 2.24) is 0 Å². The van der Waals surface area contributed by atoms with E-state index in [0.717, 1.165) is 42.2 Å². The number of hydrogen-bond acceptors (Lipinski definition) is 2. The zero-order valence-electron chi connectivity index (χ0n) is 10.9. The average molecular weight is 254 g/mol. The summed E-state index contributed by atoms with van der Waals surface area (Å²) >= 11 is 0. The summed E-state index contributed by atoms with van der Waals surface area (Å²) in [5.41, 5.74) is 4.04. The lowest BCUT2D eigenvalue weighted by Gasteiger charge is -2.11. The largest absolute Gasteiger partial charge is 0.396 e. The molecule has 0 unspecified atom stereocenters. The molecule has 19 heavy (non-hydrogen) atoms. The molecular formula is C17H18O2. The van der Waals surface area contributed by atoms with E-state index in [-0.39, 0.29) is 6.61 Å². The first-order chi connectivity index (χ1) is 9.36. The van der Waals surface area contributed by atoms with E-state index in [1.54, 1.807) is 0 Å². The topological polar surface area (TPSA) is 37.3 Å². The van der Waals surface area contributed by atoms with Crippen molar-refractivity contribution in [2.24, 2.45) is 0 Å². The van der Waals surface area contributed by atoms with Crippen LogP contribution in [0, 0.1) is 0 Å². The molecule has 2 nitrogen and oxygen atoms in total. The highest BCUT2D eigenvalue weighted by Gasteiger charge is 2.08. The van der Waals surface area contributed by atoms with Crippen molar-refractivity contribution < 1.29 is 9.90 Å². The van der Waals surface area contributed by atoms with Crippen molar-refractivity contribution in [3.63, 3.8) is 0 Å². The number of aldehydes is 1. The molecule has 2 rings (SSSR count). The van der Waals surface area contributed by atoms with Crippen LogP contribution in [-0.2, 0) is 6.42 Å². The summed E-state index contributed by atoms with van der Waals surface area (Å²) in [5, 5.41) is 8.87. The number of aryl methyl sites for hydroxylation is 1. The van der Waals surface area contributed by atoms with Gasteiger partial charge in [-0.25, -0.2) is 0 Å². The third-order valence-electron chi connectivity index (χ3n) is 3.25. The van der Waals surface area contributed by atoms with E-state index in [1.807, 2.05) is 36.4 Å². The molecule has 2 heteroatoms. The average Bonchev–Trinajstić information content (AvgIpc) is 2.48. The van der Waals surface area contributed by atoms with Crippen LogP contribution in [0.25, 0.3) is 11.1 Å². The van der Waals surface area contributed by atoms with Crippen LogP contribution in [-0.4, -0.2) is 18.0 Å². The summed E-state index contributed by atoms with van der Waals surface area (Å²) in [6, 6.07) is 15.8. The van der Waals surface area contributed by atoms with Gasteiger partial charge in [0.1, 0.15) is 0 Å². The Bertz CT molecular complexity index is 546. The fourth-order valence-corrected chi connectivity index (χ4v) is 2.27. The minimum absolute atomic E-state index is 0.229. The molecule has 1 N–H and O–H groups in total. The summed E-state index contributed by atoms with van der Waals surface area (Å²) in [4.78, 5) is 11.1. The van der Waals surface area contributed by atoms with Crippen LogP contribution in [0.4, 0.5) is 0 Å². The fraction of sp³-hybridized carbons (Fsp3) is 0.235. The molecule has 0 bridgehead atoms. The van der Waals surface area contributed by atoms with E-state index in [2.05, 4.69) is 12.1 Å². The summed E-state index contributed by atoms with van der Waals surface area (Å²) in [7, 11) is 0. The van der Waals surface area contributed by atoms with E-state index in [0.29, 0.717) is 0 Å². The van der Waals surface area contributed by atoms with E-state index >= 15 is 0 Å². The summed E-state index contributed by atoms with van der Waals surface area (Å²) in [6.07, 6.45) is 3.59. The van der Waals surface area contributed by atoms with Gasteiger partial charge in [0.15, 0.2) is 6.29 Å². The first-order valence-electron chi connectivity index (χ1n) is 6.60. The predicted molar refractivity (Wildman–Crippen MR) is 77.3 cm³/mol. The Balaban J connectivity index is 2.35. The van der Waals surface area contributed by atoms with Gasteiger partial charge in [0, 0.05) is 12.2 Å². The molecule has 0 aromatic heterocycles. The first-order valence-corrected chi connectivity index (χ1v) is 6.60. The smallest absolute Gasteiger partial charge is 0.150 e. The fourth-order valence-electron chi connectivity index (χ4n) is 2.27. The van der Waals surface area contributed by atoms with Crippen molar-refractivity contribution in [2.45, 2.75) is 19.3 Å². The Labute approximate surface area is 113 Å². The van der Waals surface area contributed by atoms with Crippen LogP contribution in [0.15, 0.2) is 48.5 Å². The van der Waals surface area contributed by atoms with Gasteiger partial charge < -0.3 is 5.11 Å². The van der Waals surface area contributed by atoms with Gasteiger partial charge in [-0.1, -0.05) is 48.5 Å². The molecule has 2 aromatic carbocycles. The normalized spacial score (nSPS) is 10.4. The standard InChI is InChI=1S/C17H18O2/c18-12-6-5-8-14-7-1-3-10-16(14)17-11-4-2-9-15(17)13-19/h1-4,7,9-11,13,18H,5-6,8,12H2. The Morgan fingerprint density at radius 1 is 0.895 bits per heavy atom. The predicted octanol–water partition coefficient (Wildman–Crippen LogP) is 3.48. The Kier molecular flexibility index (Phi) is 4.87. The number of carbonyl (C=O) groups is 1. The number of aliphatic hydroxyl groups is 1. The van der Waals surface area contributed by atoms with E-state index in [4.69, 9.17) is 5.11 Å². The minimum atomic E-state index is 0.229. The van der Waals surface area contributed by atoms with Crippen LogP contribution < -0.4 is 0 Å². The molecule has 2 aromatic rings. The maximum absolute atomic E-state index is 11.1. The van der Waals surface area contributed by atoms with Gasteiger partial charge in [0.25, 0.3) is 0 Å². The van der Waals surface area contributed by atoms with Crippen molar-refractivity contribution in [3.8, 4) is 11.1 Å². The molecule has 0 saturated heterocycles. The van der Waals surface area contributed by atoms with Gasteiger partial charge in [-0.05, 0) is 36.0 Å². The van der Waals surface area contributed by atoms with Crippen LogP contribution in [0.3, 0.4) is 0 Å². The number of rotatable bonds is 6. The second kappa shape index (κ2) is 6.86. The van der Waals surface area contributed by atoms with Gasteiger partial charge in [-0.2, -0.15) is 0 Å². The monoisotopic (exact) mass is 254 g/mol. The highest BCUT2D eigenvalue weighted by Crippen LogP contribution is 2.27. The Morgan fingerprint density at radius 3 is 2.32 bits per heavy atom. The van der Waals surface area contributed by atoms with Gasteiger partial charge in [-0.3, -0.25) is 4.79 Å². The van der Waals surface area contributed by atoms with Crippen molar-refractivity contribution in [2.75, 3.05) is 6.61 Å². The van der Waals surface area contributed by atoms with E-state index in [1.165, 1.54) is 5.56 Å². The lowest BCUT2D eigenvalue weighted by atomic mass is 9.93. The first kappa shape index (κ1) is 13.5. The van der Waals surface area contributed by atoms with Crippen LogP contribution in [0.1, 0.15) is 28.8 Å². The number of hydrogen-bond donors (Lipinski definition) is 1. The van der Waals surface area contributed by atoms with Crippen LogP contribution >= 0.6 is 0 Å². The maximum Gasteiger partial charge on any atom is 0.150 e. The second-order valence-electron chi connectivity index (χ2n) is 4.54. The van der Waals surface area contributed by atoms with Gasteiger partial charge >= 0.3 is 0 Å². The third-order valence-corrected chi connectivity index (χ3v) is 3.25. The highest BCUT2D eigenvalue weighted by molar-refractivity contribution is 5.88. The Morgan fingerprint density at radius 2 is 1.58 bits per heavy atom. The second-order valence-corrected chi connectivity index (χ2v) is 4.54. The molecule has 0 heterocycles. The quantitative estimate of drug-likeness (QED) is 0.633. The number of carbonyl (C=O) groups excluding carboxylic acids is 1. The molecule has 0 radical (unpaired) electrons. The molecule has 0 aliphatic heterocycles. The molecule has 0 atom stereocenters. The molecule has 0 aliphatic rings. The maximum atomic E-state index is 11.1. The zero-order valence-corrected chi connectivity index (χ0v) is 10.9. The molecule has 0 fully saturated rings. The van der Waals surface area contributed by atoms with Crippen LogP contribution in [0.5, 0.6) is 0 Å². The summed E-state index contributed by atoms with van der Waals surface area (Å²) in [5.74, 6) is 0. The van der Waals surface area contributed by atoms with Crippen molar-refractivity contribution in [3.05, 3.63) is 59.7 Å². The minimum Gasteiger partial charge on any atom is -0.396 e. The highest BCUT2D eigenvalue weighted by atomic mass is 16.2. The van der Waals surface area contributed by atoms with Crippen molar-refractivity contribution >= 4 is 6.29 Å². The number of aliphatic hydroxyl groups excluding tert-OH is 1.